The van der Waals surface area contributed by atoms with Crippen molar-refractivity contribution in [3.63, 3.8) is 0 Å². The van der Waals surface area contributed by atoms with Gasteiger partial charge >= 0.3 is 0 Å². The molecule has 9 heteroatoms. The third-order valence-corrected chi connectivity index (χ3v) is 6.09. The van der Waals surface area contributed by atoms with Crippen molar-refractivity contribution in [2.24, 2.45) is 5.92 Å². The van der Waals surface area contributed by atoms with E-state index in [9.17, 15) is 4.79 Å². The Kier molecular flexibility index (Phi) is 7.11. The molecule has 1 unspecified atom stereocenters. The van der Waals surface area contributed by atoms with E-state index in [2.05, 4.69) is 42.0 Å². The number of hydrogen-bond donors (Lipinski definition) is 1. The van der Waals surface area contributed by atoms with Crippen molar-refractivity contribution >= 4 is 23.5 Å². The molecule has 31 heavy (non-hydrogen) atoms. The molecule has 2 fully saturated rings. The molecular formula is C22H32N8O. The van der Waals surface area contributed by atoms with Crippen molar-refractivity contribution in [2.45, 2.75) is 32.6 Å². The first-order valence-electron chi connectivity index (χ1n) is 11.3. The second kappa shape index (κ2) is 10.4. The van der Waals surface area contributed by atoms with E-state index in [1.807, 2.05) is 17.0 Å². The van der Waals surface area contributed by atoms with Crippen molar-refractivity contribution in [1.29, 1.82) is 0 Å². The van der Waals surface area contributed by atoms with Gasteiger partial charge < -0.3 is 20.0 Å². The minimum Gasteiger partial charge on any atom is -0.370 e. The third kappa shape index (κ3) is 5.59. The third-order valence-electron chi connectivity index (χ3n) is 6.09. The summed E-state index contributed by atoms with van der Waals surface area (Å²) in [6, 6.07) is 3.84. The molecule has 4 rings (SSSR count). The lowest BCUT2D eigenvalue weighted by molar-refractivity contribution is -0.131. The summed E-state index contributed by atoms with van der Waals surface area (Å²) >= 11 is 0. The highest BCUT2D eigenvalue weighted by atomic mass is 16.2. The Morgan fingerprint density at radius 3 is 2.65 bits per heavy atom. The molecule has 0 bridgehead atoms. The maximum Gasteiger partial charge on any atom is 0.225 e. The van der Waals surface area contributed by atoms with Crippen LogP contribution in [0.2, 0.25) is 0 Å². The number of hydrogen-bond acceptors (Lipinski definition) is 8. The Bertz CT molecular complexity index is 840. The van der Waals surface area contributed by atoms with Gasteiger partial charge in [-0.25, -0.2) is 19.9 Å². The zero-order valence-electron chi connectivity index (χ0n) is 18.3. The first kappa shape index (κ1) is 21.3. The zero-order chi connectivity index (χ0) is 21.5. The number of nitrogens with zero attached hydrogens (tertiary/aromatic N) is 7. The minimum atomic E-state index is 0.266. The smallest absolute Gasteiger partial charge is 0.225 e. The molecule has 2 aromatic rings. The first-order valence-corrected chi connectivity index (χ1v) is 11.3. The van der Waals surface area contributed by atoms with Crippen molar-refractivity contribution < 1.29 is 4.79 Å². The summed E-state index contributed by atoms with van der Waals surface area (Å²) in [7, 11) is 0. The minimum absolute atomic E-state index is 0.266. The second-order valence-corrected chi connectivity index (χ2v) is 8.20. The van der Waals surface area contributed by atoms with Gasteiger partial charge in [-0.15, -0.1) is 0 Å². The van der Waals surface area contributed by atoms with E-state index in [1.165, 1.54) is 6.42 Å². The summed E-state index contributed by atoms with van der Waals surface area (Å²) in [5.41, 5.74) is 0. The highest BCUT2D eigenvalue weighted by Crippen LogP contribution is 2.26. The molecule has 1 N–H and O–H groups in total. The van der Waals surface area contributed by atoms with Gasteiger partial charge in [-0.05, 0) is 38.2 Å². The quantitative estimate of drug-likeness (QED) is 0.722. The topological polar surface area (TPSA) is 90.4 Å². The van der Waals surface area contributed by atoms with E-state index in [0.29, 0.717) is 12.3 Å². The number of rotatable bonds is 7. The molecule has 2 saturated heterocycles. The van der Waals surface area contributed by atoms with Gasteiger partial charge in [0.2, 0.25) is 11.9 Å². The van der Waals surface area contributed by atoms with Crippen LogP contribution in [0.1, 0.15) is 32.6 Å². The number of piperazine rings is 1. The molecular weight excluding hydrogens is 392 g/mol. The van der Waals surface area contributed by atoms with E-state index in [-0.39, 0.29) is 5.91 Å². The van der Waals surface area contributed by atoms with Gasteiger partial charge in [-0.2, -0.15) is 0 Å². The van der Waals surface area contributed by atoms with Gasteiger partial charge in [0.05, 0.1) is 0 Å². The van der Waals surface area contributed by atoms with E-state index in [1.54, 1.807) is 18.7 Å². The van der Waals surface area contributed by atoms with Gasteiger partial charge in [-0.1, -0.05) is 0 Å². The van der Waals surface area contributed by atoms with Crippen LogP contribution >= 0.6 is 0 Å². The van der Waals surface area contributed by atoms with Crippen LogP contribution in [0.15, 0.2) is 30.9 Å². The maximum atomic E-state index is 12.8. The molecule has 2 aromatic heterocycles. The number of aromatic nitrogens is 4. The lowest BCUT2D eigenvalue weighted by Crippen LogP contribution is -2.49. The second-order valence-electron chi connectivity index (χ2n) is 8.20. The van der Waals surface area contributed by atoms with E-state index in [0.717, 1.165) is 76.2 Å². The monoisotopic (exact) mass is 424 g/mol. The van der Waals surface area contributed by atoms with Crippen molar-refractivity contribution in [3.05, 3.63) is 30.9 Å². The van der Waals surface area contributed by atoms with Gasteiger partial charge in [0.15, 0.2) is 0 Å². The highest BCUT2D eigenvalue weighted by molar-refractivity contribution is 5.76. The standard InChI is InChI=1S/C22H32N8O/c1-2-23-19-15-20(27-17-26-19)30-10-3-5-18(16-30)6-7-21(31)28-11-13-29(14-12-28)22-24-8-4-9-25-22/h4,8-9,15,17-18H,2-3,5-7,10-14,16H2,1H3,(H,23,26,27). The van der Waals surface area contributed by atoms with Crippen LogP contribution in [0.4, 0.5) is 17.6 Å². The van der Waals surface area contributed by atoms with Gasteiger partial charge in [0.1, 0.15) is 18.0 Å². The zero-order valence-corrected chi connectivity index (χ0v) is 18.3. The molecule has 2 aliphatic heterocycles. The normalized spacial score (nSPS) is 19.4. The van der Waals surface area contributed by atoms with Gasteiger partial charge in [0, 0.05) is 70.7 Å². The molecule has 1 atom stereocenters. The van der Waals surface area contributed by atoms with Crippen LogP contribution in [0, 0.1) is 5.92 Å². The van der Waals surface area contributed by atoms with Crippen LogP contribution in [0.3, 0.4) is 0 Å². The fourth-order valence-electron chi connectivity index (χ4n) is 4.40. The predicted octanol–water partition coefficient (Wildman–Crippen LogP) is 2.04. The Morgan fingerprint density at radius 2 is 1.87 bits per heavy atom. The lowest BCUT2D eigenvalue weighted by atomic mass is 9.93. The molecule has 2 aliphatic rings. The number of nitrogens with one attached hydrogen (secondary N) is 1. The average Bonchev–Trinajstić information content (AvgIpc) is 2.84. The molecule has 1 amide bonds. The molecule has 4 heterocycles. The van der Waals surface area contributed by atoms with Crippen LogP contribution in [0.25, 0.3) is 0 Å². The maximum absolute atomic E-state index is 12.8. The Morgan fingerprint density at radius 1 is 1.06 bits per heavy atom. The van der Waals surface area contributed by atoms with E-state index >= 15 is 0 Å². The summed E-state index contributed by atoms with van der Waals surface area (Å²) in [5.74, 6) is 3.38. The van der Waals surface area contributed by atoms with E-state index in [4.69, 9.17) is 0 Å². The molecule has 0 spiro atoms. The van der Waals surface area contributed by atoms with Crippen LogP contribution in [-0.2, 0) is 4.79 Å². The van der Waals surface area contributed by atoms with Crippen molar-refractivity contribution in [1.82, 2.24) is 24.8 Å². The molecule has 166 valence electrons. The first-order chi connectivity index (χ1) is 15.2. The Balaban J connectivity index is 1.24. The average molecular weight is 425 g/mol. The summed E-state index contributed by atoms with van der Waals surface area (Å²) in [6.07, 6.45) is 9.00. The fraction of sp³-hybridized carbons (Fsp3) is 0.591. The molecule has 0 aromatic carbocycles. The van der Waals surface area contributed by atoms with Crippen LogP contribution in [0.5, 0.6) is 0 Å². The van der Waals surface area contributed by atoms with Crippen molar-refractivity contribution in [3.8, 4) is 0 Å². The molecule has 0 radical (unpaired) electrons. The predicted molar refractivity (Wildman–Crippen MR) is 121 cm³/mol. The number of piperidine rings is 1. The summed E-state index contributed by atoms with van der Waals surface area (Å²) in [5, 5.41) is 3.25. The summed E-state index contributed by atoms with van der Waals surface area (Å²) < 4.78 is 0. The molecule has 9 nitrogen and oxygen atoms in total. The van der Waals surface area contributed by atoms with Crippen LogP contribution in [-0.4, -0.2) is 76.6 Å². The largest absolute Gasteiger partial charge is 0.370 e. The lowest BCUT2D eigenvalue weighted by Gasteiger charge is -2.36. The molecule has 0 saturated carbocycles. The van der Waals surface area contributed by atoms with Gasteiger partial charge in [-0.3, -0.25) is 4.79 Å². The fourth-order valence-corrected chi connectivity index (χ4v) is 4.40. The van der Waals surface area contributed by atoms with Crippen molar-refractivity contribution in [2.75, 3.05) is 60.9 Å². The SMILES string of the molecule is CCNc1cc(N2CCCC(CCC(=O)N3CCN(c4ncccn4)CC3)C2)ncn1. The number of anilines is 3. The Labute approximate surface area is 183 Å². The number of carbonyl (C=O) groups is 1. The van der Waals surface area contributed by atoms with E-state index < -0.39 is 0 Å². The molecule has 0 aliphatic carbocycles. The number of carbonyl (C=O) groups excluding carboxylic acids is 1. The van der Waals surface area contributed by atoms with Gasteiger partial charge in [0.25, 0.3) is 0 Å². The highest BCUT2D eigenvalue weighted by Gasteiger charge is 2.25. The number of amides is 1. The summed E-state index contributed by atoms with van der Waals surface area (Å²) in [6.45, 7) is 7.91. The summed E-state index contributed by atoms with van der Waals surface area (Å²) in [4.78, 5) is 36.6. The van der Waals surface area contributed by atoms with Crippen LogP contribution < -0.4 is 15.1 Å². The Hall–Kier alpha value is -2.97.